The van der Waals surface area contributed by atoms with Gasteiger partial charge in [-0.05, 0) is 97.0 Å². The first-order valence-electron chi connectivity index (χ1n) is 13.2. The number of unbranched alkanes of at least 4 members (excludes halogenated alkanes) is 1. The molecule has 1 aliphatic carbocycles. The van der Waals surface area contributed by atoms with Crippen LogP contribution in [-0.2, 0) is 0 Å². The van der Waals surface area contributed by atoms with Crippen LogP contribution in [0.5, 0.6) is 5.75 Å². The molecule has 0 saturated heterocycles. The van der Waals surface area contributed by atoms with E-state index >= 15 is 0 Å². The van der Waals surface area contributed by atoms with Gasteiger partial charge >= 0.3 is 0 Å². The summed E-state index contributed by atoms with van der Waals surface area (Å²) in [5.74, 6) is 9.30. The maximum absolute atomic E-state index is 5.68. The van der Waals surface area contributed by atoms with Gasteiger partial charge < -0.3 is 4.74 Å². The SMILES string of the molecule is CCCC[C@H]1CC[C@H](c2ccc(C#Cc3ccc(-c4ccc(OCCC)cc4)cc3)cc2)CC1. The van der Waals surface area contributed by atoms with E-state index in [4.69, 9.17) is 4.74 Å². The van der Waals surface area contributed by atoms with Crippen molar-refractivity contribution in [3.63, 3.8) is 0 Å². The molecule has 1 heteroatoms. The summed E-state index contributed by atoms with van der Waals surface area (Å²) in [6.45, 7) is 5.18. The van der Waals surface area contributed by atoms with Crippen molar-refractivity contribution in [2.75, 3.05) is 6.61 Å². The Kier molecular flexibility index (Phi) is 8.86. The Morgan fingerprint density at radius 1 is 0.676 bits per heavy atom. The van der Waals surface area contributed by atoms with Crippen molar-refractivity contribution < 1.29 is 4.74 Å². The molecule has 0 atom stereocenters. The molecule has 1 aliphatic rings. The van der Waals surface area contributed by atoms with E-state index < -0.39 is 0 Å². The van der Waals surface area contributed by atoms with E-state index in [1.54, 1.807) is 0 Å². The minimum absolute atomic E-state index is 0.736. The van der Waals surface area contributed by atoms with E-state index in [9.17, 15) is 0 Å². The van der Waals surface area contributed by atoms with Gasteiger partial charge in [-0.1, -0.05) is 81.3 Å². The lowest BCUT2D eigenvalue weighted by atomic mass is 9.77. The molecular weight excluding hydrogens is 412 g/mol. The van der Waals surface area contributed by atoms with Gasteiger partial charge in [-0.3, -0.25) is 0 Å². The summed E-state index contributed by atoms with van der Waals surface area (Å²) in [4.78, 5) is 0. The Morgan fingerprint density at radius 3 is 1.79 bits per heavy atom. The maximum Gasteiger partial charge on any atom is 0.119 e. The molecule has 1 fully saturated rings. The quantitative estimate of drug-likeness (QED) is 0.311. The van der Waals surface area contributed by atoms with E-state index in [1.165, 1.54) is 61.6 Å². The van der Waals surface area contributed by atoms with Gasteiger partial charge in [0.1, 0.15) is 5.75 Å². The summed E-state index contributed by atoms with van der Waals surface area (Å²) in [6, 6.07) is 25.8. The molecule has 1 saturated carbocycles. The Bertz CT molecular complexity index is 1060. The third kappa shape index (κ3) is 6.77. The first-order valence-corrected chi connectivity index (χ1v) is 13.2. The summed E-state index contributed by atoms with van der Waals surface area (Å²) in [5, 5.41) is 0. The van der Waals surface area contributed by atoms with E-state index in [0.29, 0.717) is 0 Å². The normalized spacial score (nSPS) is 17.6. The molecular formula is C33H38O. The average Bonchev–Trinajstić information content (AvgIpc) is 2.91. The summed E-state index contributed by atoms with van der Waals surface area (Å²) in [5.41, 5.74) is 6.02. The number of hydrogen-bond acceptors (Lipinski definition) is 1. The molecule has 0 spiro atoms. The van der Waals surface area contributed by atoms with Crippen molar-refractivity contribution in [1.29, 1.82) is 0 Å². The van der Waals surface area contributed by atoms with Gasteiger partial charge in [0.05, 0.1) is 6.61 Å². The van der Waals surface area contributed by atoms with Crippen LogP contribution in [0.25, 0.3) is 11.1 Å². The molecule has 3 aromatic carbocycles. The molecule has 0 N–H and O–H groups in total. The van der Waals surface area contributed by atoms with Crippen LogP contribution in [0.1, 0.15) is 87.8 Å². The standard InChI is InChI=1S/C33H38O/c1-3-5-6-26-9-15-29(16-10-26)30-17-11-27(12-18-30)7-8-28-13-19-31(20-14-28)32-21-23-33(24-22-32)34-25-4-2/h11-14,17-24,26,29H,3-6,9-10,15-16,25H2,1-2H3/t26-,29-. The van der Waals surface area contributed by atoms with Gasteiger partial charge in [0.25, 0.3) is 0 Å². The highest BCUT2D eigenvalue weighted by atomic mass is 16.5. The lowest BCUT2D eigenvalue weighted by molar-refractivity contribution is 0.304. The molecule has 4 rings (SSSR count). The predicted molar refractivity (Wildman–Crippen MR) is 144 cm³/mol. The monoisotopic (exact) mass is 450 g/mol. The summed E-state index contributed by atoms with van der Waals surface area (Å²) < 4.78 is 5.68. The first kappa shape index (κ1) is 24.2. The summed E-state index contributed by atoms with van der Waals surface area (Å²) >= 11 is 0. The van der Waals surface area contributed by atoms with Gasteiger partial charge in [0.2, 0.25) is 0 Å². The number of benzene rings is 3. The summed E-state index contributed by atoms with van der Waals surface area (Å²) in [6.07, 6.45) is 10.7. The lowest BCUT2D eigenvalue weighted by Gasteiger charge is -2.28. The van der Waals surface area contributed by atoms with E-state index in [2.05, 4.69) is 86.4 Å². The largest absolute Gasteiger partial charge is 0.494 e. The fourth-order valence-electron chi connectivity index (χ4n) is 4.97. The minimum Gasteiger partial charge on any atom is -0.494 e. The van der Waals surface area contributed by atoms with Crippen LogP contribution in [0.4, 0.5) is 0 Å². The van der Waals surface area contributed by atoms with Crippen molar-refractivity contribution in [3.8, 4) is 28.7 Å². The molecule has 0 heterocycles. The topological polar surface area (TPSA) is 9.23 Å². The average molecular weight is 451 g/mol. The molecule has 0 aromatic heterocycles. The van der Waals surface area contributed by atoms with Gasteiger partial charge in [0, 0.05) is 11.1 Å². The Balaban J connectivity index is 1.32. The molecule has 34 heavy (non-hydrogen) atoms. The molecule has 0 amide bonds. The zero-order valence-corrected chi connectivity index (χ0v) is 20.9. The molecule has 0 bridgehead atoms. The first-order chi connectivity index (χ1) is 16.7. The maximum atomic E-state index is 5.68. The fraction of sp³-hybridized carbons (Fsp3) is 0.394. The van der Waals surface area contributed by atoms with Crippen LogP contribution in [0.15, 0.2) is 72.8 Å². The van der Waals surface area contributed by atoms with Gasteiger partial charge in [0.15, 0.2) is 0 Å². The fourth-order valence-corrected chi connectivity index (χ4v) is 4.97. The third-order valence-electron chi connectivity index (χ3n) is 7.09. The molecule has 0 unspecified atom stereocenters. The zero-order chi connectivity index (χ0) is 23.6. The van der Waals surface area contributed by atoms with Gasteiger partial charge in [-0.2, -0.15) is 0 Å². The van der Waals surface area contributed by atoms with Crippen LogP contribution < -0.4 is 4.74 Å². The van der Waals surface area contributed by atoms with Crippen molar-refractivity contribution in [2.24, 2.45) is 5.92 Å². The highest BCUT2D eigenvalue weighted by Gasteiger charge is 2.21. The Hall–Kier alpha value is -2.98. The van der Waals surface area contributed by atoms with Crippen LogP contribution in [0.2, 0.25) is 0 Å². The van der Waals surface area contributed by atoms with Crippen LogP contribution in [-0.4, -0.2) is 6.61 Å². The van der Waals surface area contributed by atoms with E-state index in [1.807, 2.05) is 12.1 Å². The second-order valence-electron chi connectivity index (χ2n) is 9.68. The Morgan fingerprint density at radius 2 is 1.24 bits per heavy atom. The molecule has 1 nitrogen and oxygen atoms in total. The summed E-state index contributed by atoms with van der Waals surface area (Å²) in [7, 11) is 0. The molecule has 0 aliphatic heterocycles. The highest BCUT2D eigenvalue weighted by Crippen LogP contribution is 2.37. The zero-order valence-electron chi connectivity index (χ0n) is 20.9. The smallest absolute Gasteiger partial charge is 0.119 e. The van der Waals surface area contributed by atoms with Crippen molar-refractivity contribution in [3.05, 3.63) is 89.5 Å². The third-order valence-corrected chi connectivity index (χ3v) is 7.09. The van der Waals surface area contributed by atoms with Crippen molar-refractivity contribution >= 4 is 0 Å². The van der Waals surface area contributed by atoms with E-state index in [0.717, 1.165) is 41.7 Å². The van der Waals surface area contributed by atoms with Gasteiger partial charge in [-0.15, -0.1) is 0 Å². The number of hydrogen-bond donors (Lipinski definition) is 0. The minimum atomic E-state index is 0.736. The lowest BCUT2D eigenvalue weighted by Crippen LogP contribution is -2.13. The highest BCUT2D eigenvalue weighted by molar-refractivity contribution is 5.65. The number of rotatable bonds is 8. The second-order valence-corrected chi connectivity index (χ2v) is 9.68. The predicted octanol–water partition coefficient (Wildman–Crippen LogP) is 9.01. The molecule has 0 radical (unpaired) electrons. The van der Waals surface area contributed by atoms with Crippen molar-refractivity contribution in [2.45, 2.75) is 71.1 Å². The molecule has 3 aromatic rings. The van der Waals surface area contributed by atoms with E-state index in [-0.39, 0.29) is 0 Å². The number of ether oxygens (including phenoxy) is 1. The second kappa shape index (κ2) is 12.5. The van der Waals surface area contributed by atoms with Crippen LogP contribution in [0.3, 0.4) is 0 Å². The van der Waals surface area contributed by atoms with Crippen LogP contribution in [0, 0.1) is 17.8 Å². The van der Waals surface area contributed by atoms with Gasteiger partial charge in [-0.25, -0.2) is 0 Å². The Labute approximate surface area is 206 Å². The van der Waals surface area contributed by atoms with Crippen LogP contribution >= 0.6 is 0 Å². The van der Waals surface area contributed by atoms with Crippen molar-refractivity contribution in [1.82, 2.24) is 0 Å². The molecule has 176 valence electrons.